The van der Waals surface area contributed by atoms with Gasteiger partial charge in [0.25, 0.3) is 0 Å². The third kappa shape index (κ3) is 5.57. The summed E-state index contributed by atoms with van der Waals surface area (Å²) < 4.78 is 7.57. The third-order valence-corrected chi connectivity index (χ3v) is 7.51. The Morgan fingerprint density at radius 2 is 1.97 bits per heavy atom. The second kappa shape index (κ2) is 11.3. The first-order chi connectivity index (χ1) is 18.4. The number of piperidine rings is 1. The lowest BCUT2D eigenvalue weighted by atomic mass is 9.98. The Morgan fingerprint density at radius 3 is 2.71 bits per heavy atom. The van der Waals surface area contributed by atoms with Gasteiger partial charge in [-0.1, -0.05) is 30.3 Å². The first-order valence-corrected chi connectivity index (χ1v) is 13.0. The number of aryl methyl sites for hydroxylation is 1. The molecular weight excluding hydrogens is 480 g/mol. The first-order valence-electron chi connectivity index (χ1n) is 13.0. The van der Waals surface area contributed by atoms with Crippen LogP contribution < -0.4 is 10.1 Å². The molecule has 0 saturated carbocycles. The van der Waals surface area contributed by atoms with Crippen LogP contribution in [0.1, 0.15) is 35.8 Å². The van der Waals surface area contributed by atoms with Crippen LogP contribution in [0, 0.1) is 0 Å². The van der Waals surface area contributed by atoms with Crippen molar-refractivity contribution in [1.29, 1.82) is 0 Å². The Hall–Kier alpha value is -3.72. The van der Waals surface area contributed by atoms with Gasteiger partial charge in [-0.05, 0) is 61.2 Å². The lowest BCUT2D eigenvalue weighted by Gasteiger charge is -2.33. The summed E-state index contributed by atoms with van der Waals surface area (Å²) >= 11 is 0. The second-order valence-electron chi connectivity index (χ2n) is 9.89. The van der Waals surface area contributed by atoms with E-state index in [0.717, 1.165) is 49.5 Å². The fraction of sp³-hybridized carbons (Fsp3) is 0.333. The molecule has 0 bridgehead atoms. The number of aromatic nitrogens is 2. The second-order valence-corrected chi connectivity index (χ2v) is 9.89. The first kappa shape index (κ1) is 25.9. The molecule has 1 aliphatic heterocycles. The number of hydrogen-bond donors (Lipinski definition) is 3. The van der Waals surface area contributed by atoms with Gasteiger partial charge in [0.1, 0.15) is 0 Å². The smallest absolute Gasteiger partial charge is 0.328 e. The quantitative estimate of drug-likeness (QED) is 0.289. The van der Waals surface area contributed by atoms with E-state index in [0.29, 0.717) is 29.5 Å². The van der Waals surface area contributed by atoms with E-state index in [1.807, 2.05) is 18.2 Å². The molecule has 1 atom stereocenters. The average Bonchev–Trinajstić information content (AvgIpc) is 3.26. The van der Waals surface area contributed by atoms with E-state index in [2.05, 4.69) is 57.1 Å². The van der Waals surface area contributed by atoms with Gasteiger partial charge in [-0.15, -0.1) is 0 Å². The highest BCUT2D eigenvalue weighted by atomic mass is 16.5. The number of benzene rings is 2. The van der Waals surface area contributed by atoms with E-state index >= 15 is 0 Å². The van der Waals surface area contributed by atoms with Crippen LogP contribution in [0.3, 0.4) is 0 Å². The molecule has 2 aromatic heterocycles. The zero-order valence-corrected chi connectivity index (χ0v) is 21.8. The van der Waals surface area contributed by atoms with Gasteiger partial charge in [0.15, 0.2) is 0 Å². The van der Waals surface area contributed by atoms with Crippen molar-refractivity contribution in [2.75, 3.05) is 26.7 Å². The molecule has 38 heavy (non-hydrogen) atoms. The molecule has 0 spiro atoms. The highest BCUT2D eigenvalue weighted by Gasteiger charge is 2.23. The van der Waals surface area contributed by atoms with Crippen LogP contribution >= 0.6 is 0 Å². The number of hydrogen-bond acceptors (Lipinski definition) is 6. The van der Waals surface area contributed by atoms with Crippen molar-refractivity contribution >= 4 is 33.9 Å². The summed E-state index contributed by atoms with van der Waals surface area (Å²) in [5, 5.41) is 26.0. The largest absolute Gasteiger partial charge is 0.481 e. The minimum atomic E-state index is -1.02. The molecule has 1 aliphatic rings. The minimum absolute atomic E-state index is 0.438. The number of fused-ring (bicyclic) bond motifs is 2. The van der Waals surface area contributed by atoms with E-state index in [1.165, 1.54) is 16.6 Å². The summed E-state index contributed by atoms with van der Waals surface area (Å²) in [5.74, 6) is -0.568. The third-order valence-electron chi connectivity index (χ3n) is 7.51. The van der Waals surface area contributed by atoms with Crippen LogP contribution in [0.15, 0.2) is 60.7 Å². The lowest BCUT2D eigenvalue weighted by molar-refractivity contribution is -0.131. The summed E-state index contributed by atoms with van der Waals surface area (Å²) in [7, 11) is 3.67. The van der Waals surface area contributed by atoms with Crippen LogP contribution in [-0.2, 0) is 18.4 Å². The van der Waals surface area contributed by atoms with E-state index in [9.17, 15) is 9.90 Å². The number of carboxylic acid groups (broad SMARTS) is 1. The highest BCUT2D eigenvalue weighted by molar-refractivity contribution is 5.94. The van der Waals surface area contributed by atoms with Crippen LogP contribution in [0.25, 0.3) is 27.9 Å². The molecule has 1 unspecified atom stereocenters. The molecule has 4 aromatic rings. The summed E-state index contributed by atoms with van der Waals surface area (Å²) in [5.41, 5.74) is 4.59. The Morgan fingerprint density at radius 1 is 1.18 bits per heavy atom. The van der Waals surface area contributed by atoms with Crippen molar-refractivity contribution in [3.63, 3.8) is 0 Å². The number of pyridine rings is 1. The normalized spacial score (nSPS) is 16.0. The van der Waals surface area contributed by atoms with Crippen molar-refractivity contribution < 1.29 is 19.7 Å². The van der Waals surface area contributed by atoms with E-state index < -0.39 is 12.1 Å². The van der Waals surface area contributed by atoms with Gasteiger partial charge in [0.2, 0.25) is 5.88 Å². The molecule has 3 heterocycles. The number of carboxylic acids is 1. The van der Waals surface area contributed by atoms with Gasteiger partial charge in [0.05, 0.1) is 18.7 Å². The van der Waals surface area contributed by atoms with Crippen LogP contribution in [0.2, 0.25) is 0 Å². The fourth-order valence-electron chi connectivity index (χ4n) is 5.36. The molecule has 5 rings (SSSR count). The van der Waals surface area contributed by atoms with E-state index in [-0.39, 0.29) is 0 Å². The van der Waals surface area contributed by atoms with Gasteiger partial charge in [-0.2, -0.15) is 0 Å². The van der Waals surface area contributed by atoms with Gasteiger partial charge < -0.3 is 29.7 Å². The van der Waals surface area contributed by atoms with Crippen LogP contribution in [0.5, 0.6) is 5.88 Å². The number of ether oxygens (including phenoxy) is 1. The molecule has 8 heteroatoms. The van der Waals surface area contributed by atoms with E-state index in [4.69, 9.17) is 9.84 Å². The molecule has 1 fully saturated rings. The SMILES string of the molecule is COc1ccc2c(/C=C/C(=O)O)ccc(C(O)CN3CCC(NCc4cc5ccccc5n4C)CC3)c2n1. The zero-order chi connectivity index (χ0) is 26.6. The number of β-amino-alcohol motifs (C(OH)–C–C–N with tert-alkyl or cyclic N) is 1. The van der Waals surface area contributed by atoms with Crippen LogP contribution in [-0.4, -0.2) is 63.4 Å². The predicted octanol–water partition coefficient (Wildman–Crippen LogP) is 4.12. The maximum atomic E-state index is 11.2. The lowest BCUT2D eigenvalue weighted by Crippen LogP contribution is -2.43. The summed E-state index contributed by atoms with van der Waals surface area (Å²) in [6.07, 6.45) is 3.96. The number of para-hydroxylation sites is 1. The number of aliphatic carboxylic acids is 1. The fourth-order valence-corrected chi connectivity index (χ4v) is 5.36. The predicted molar refractivity (Wildman–Crippen MR) is 149 cm³/mol. The summed E-state index contributed by atoms with van der Waals surface area (Å²) in [4.78, 5) is 17.9. The number of nitrogens with one attached hydrogen (secondary N) is 1. The Balaban J connectivity index is 1.22. The molecule has 0 amide bonds. The number of rotatable bonds is 9. The topological polar surface area (TPSA) is 99.9 Å². The monoisotopic (exact) mass is 514 g/mol. The van der Waals surface area contributed by atoms with Gasteiger partial charge >= 0.3 is 5.97 Å². The molecule has 0 aliphatic carbocycles. The van der Waals surface area contributed by atoms with Crippen molar-refractivity contribution in [3.8, 4) is 5.88 Å². The molecule has 2 aromatic carbocycles. The maximum Gasteiger partial charge on any atom is 0.328 e. The molecular formula is C30H34N4O4. The van der Waals surface area contributed by atoms with Gasteiger partial charge in [-0.3, -0.25) is 0 Å². The zero-order valence-electron chi connectivity index (χ0n) is 21.8. The average molecular weight is 515 g/mol. The number of carbonyl (C=O) groups is 1. The van der Waals surface area contributed by atoms with Crippen molar-refractivity contribution in [2.24, 2.45) is 7.05 Å². The Bertz CT molecular complexity index is 1470. The molecule has 0 radical (unpaired) electrons. The Labute approximate surface area is 222 Å². The Kier molecular flexibility index (Phi) is 7.74. The number of likely N-dealkylation sites (tertiary alicyclic amines) is 1. The molecule has 3 N–H and O–H groups in total. The molecule has 1 saturated heterocycles. The molecule has 8 nitrogen and oxygen atoms in total. The van der Waals surface area contributed by atoms with Gasteiger partial charge in [-0.25, -0.2) is 9.78 Å². The van der Waals surface area contributed by atoms with Crippen molar-refractivity contribution in [3.05, 3.63) is 77.5 Å². The van der Waals surface area contributed by atoms with Crippen molar-refractivity contribution in [1.82, 2.24) is 19.8 Å². The highest BCUT2D eigenvalue weighted by Crippen LogP contribution is 2.30. The number of methoxy groups -OCH3 is 1. The van der Waals surface area contributed by atoms with Crippen molar-refractivity contribution in [2.45, 2.75) is 31.5 Å². The van der Waals surface area contributed by atoms with Crippen LogP contribution in [0.4, 0.5) is 0 Å². The summed E-state index contributed by atoms with van der Waals surface area (Å²) in [6.45, 7) is 3.14. The summed E-state index contributed by atoms with van der Waals surface area (Å²) in [6, 6.07) is 18.4. The standard InChI is InChI=1S/C30H34N4O4/c1-33-23(17-21-5-3-4-6-26(21)33)18-31-22-13-15-34(16-14-22)19-27(35)25-9-7-20(8-12-29(36)37)24-10-11-28(38-2)32-30(24)25/h3-12,17,22,27,31,35H,13-16,18-19H2,1-2H3,(H,36,37)/b12-8+. The minimum Gasteiger partial charge on any atom is -0.481 e. The van der Waals surface area contributed by atoms with E-state index in [1.54, 1.807) is 19.3 Å². The molecule has 198 valence electrons. The number of nitrogens with zero attached hydrogens (tertiary/aromatic N) is 3. The maximum absolute atomic E-state index is 11.2. The number of aliphatic hydroxyl groups is 1. The number of aliphatic hydroxyl groups excluding tert-OH is 1. The van der Waals surface area contributed by atoms with Gasteiger partial charge in [0, 0.05) is 60.5 Å².